The van der Waals surface area contributed by atoms with E-state index in [0.29, 0.717) is 6.54 Å². The number of halogens is 1. The van der Waals surface area contributed by atoms with E-state index in [2.05, 4.69) is 27.9 Å². The number of guanidine groups is 1. The van der Waals surface area contributed by atoms with Crippen LogP contribution in [-0.4, -0.2) is 43.9 Å². The van der Waals surface area contributed by atoms with Crippen LogP contribution >= 0.6 is 35.3 Å². The van der Waals surface area contributed by atoms with E-state index in [0.717, 1.165) is 54.0 Å². The standard InChI is InChI=1S/C19H26N4O2S.HI/c1-19(9-4-10-25-19)13-22-18(20-2)21-11-15-12-26-17(23-15)14-5-7-16(24-3)8-6-14;/h5-8,12H,4,9-11,13H2,1-3H3,(H2,20,21,22);1H. The third-order valence-corrected chi connectivity index (χ3v) is 5.42. The summed E-state index contributed by atoms with van der Waals surface area (Å²) >= 11 is 1.64. The Kier molecular flexibility index (Phi) is 8.30. The first-order chi connectivity index (χ1) is 12.6. The maximum atomic E-state index is 5.80. The molecule has 2 heterocycles. The summed E-state index contributed by atoms with van der Waals surface area (Å²) in [7, 11) is 3.44. The molecule has 0 bridgehead atoms. The molecule has 0 spiro atoms. The van der Waals surface area contributed by atoms with Gasteiger partial charge in [-0.1, -0.05) is 0 Å². The quantitative estimate of drug-likeness (QED) is 0.359. The van der Waals surface area contributed by atoms with Crippen molar-refractivity contribution < 1.29 is 9.47 Å². The Morgan fingerprint density at radius 3 is 2.74 bits per heavy atom. The molecule has 0 radical (unpaired) electrons. The predicted molar refractivity (Wildman–Crippen MR) is 121 cm³/mol. The lowest BCUT2D eigenvalue weighted by Gasteiger charge is -2.24. The average molecular weight is 502 g/mol. The second-order valence-corrected chi connectivity index (χ2v) is 7.41. The van der Waals surface area contributed by atoms with E-state index in [1.807, 2.05) is 24.3 Å². The maximum absolute atomic E-state index is 5.80. The normalized spacial score (nSPS) is 19.4. The Labute approximate surface area is 181 Å². The lowest BCUT2D eigenvalue weighted by molar-refractivity contribution is 0.0243. The zero-order valence-electron chi connectivity index (χ0n) is 15.9. The van der Waals surface area contributed by atoms with E-state index in [9.17, 15) is 0 Å². The molecule has 0 amide bonds. The van der Waals surface area contributed by atoms with E-state index in [-0.39, 0.29) is 29.6 Å². The van der Waals surface area contributed by atoms with Gasteiger partial charge in [0.1, 0.15) is 10.8 Å². The smallest absolute Gasteiger partial charge is 0.191 e. The van der Waals surface area contributed by atoms with Gasteiger partial charge in [0.15, 0.2) is 5.96 Å². The second-order valence-electron chi connectivity index (χ2n) is 6.55. The number of hydrogen-bond donors (Lipinski definition) is 2. The minimum Gasteiger partial charge on any atom is -0.497 e. The monoisotopic (exact) mass is 502 g/mol. The molecule has 2 N–H and O–H groups in total. The fourth-order valence-electron chi connectivity index (χ4n) is 2.90. The minimum atomic E-state index is -0.0974. The molecule has 1 unspecified atom stereocenters. The Balaban J connectivity index is 0.00000261. The molecule has 148 valence electrons. The van der Waals surface area contributed by atoms with Crippen molar-refractivity contribution in [3.05, 3.63) is 35.3 Å². The molecular formula is C19H27IN4O2S. The molecule has 1 fully saturated rings. The van der Waals surface area contributed by atoms with Crippen molar-refractivity contribution >= 4 is 41.3 Å². The first kappa shape index (κ1) is 21.9. The van der Waals surface area contributed by atoms with Crippen LogP contribution < -0.4 is 15.4 Å². The van der Waals surface area contributed by atoms with Crippen molar-refractivity contribution in [1.82, 2.24) is 15.6 Å². The lowest BCUT2D eigenvalue weighted by atomic mass is 10.0. The Bertz CT molecular complexity index is 742. The third kappa shape index (κ3) is 6.05. The zero-order chi connectivity index (χ0) is 18.4. The van der Waals surface area contributed by atoms with Crippen LogP contribution in [0.4, 0.5) is 0 Å². The summed E-state index contributed by atoms with van der Waals surface area (Å²) in [4.78, 5) is 8.98. The van der Waals surface area contributed by atoms with E-state index < -0.39 is 0 Å². The zero-order valence-corrected chi connectivity index (χ0v) is 19.1. The van der Waals surface area contributed by atoms with Gasteiger partial charge in [0, 0.05) is 31.1 Å². The van der Waals surface area contributed by atoms with Gasteiger partial charge in [-0.3, -0.25) is 4.99 Å². The van der Waals surface area contributed by atoms with E-state index in [1.54, 1.807) is 25.5 Å². The topological polar surface area (TPSA) is 67.8 Å². The summed E-state index contributed by atoms with van der Waals surface area (Å²) in [6.07, 6.45) is 2.20. The number of aromatic nitrogens is 1. The summed E-state index contributed by atoms with van der Waals surface area (Å²) < 4.78 is 11.0. The van der Waals surface area contributed by atoms with Crippen LogP contribution in [0.15, 0.2) is 34.6 Å². The van der Waals surface area contributed by atoms with Crippen molar-refractivity contribution in [2.75, 3.05) is 27.3 Å². The number of ether oxygens (including phenoxy) is 2. The highest BCUT2D eigenvalue weighted by atomic mass is 127. The molecule has 1 aromatic heterocycles. The Morgan fingerprint density at radius 1 is 1.33 bits per heavy atom. The van der Waals surface area contributed by atoms with Crippen LogP contribution in [-0.2, 0) is 11.3 Å². The molecule has 2 aromatic rings. The Hall–Kier alpha value is -1.39. The molecule has 6 nitrogen and oxygen atoms in total. The first-order valence-corrected chi connectivity index (χ1v) is 9.67. The van der Waals surface area contributed by atoms with E-state index in [4.69, 9.17) is 14.5 Å². The average Bonchev–Trinajstić information content (AvgIpc) is 3.32. The fourth-order valence-corrected chi connectivity index (χ4v) is 3.72. The predicted octanol–water partition coefficient (Wildman–Crippen LogP) is 3.67. The van der Waals surface area contributed by atoms with Gasteiger partial charge < -0.3 is 20.1 Å². The van der Waals surface area contributed by atoms with Gasteiger partial charge in [-0.25, -0.2) is 4.98 Å². The number of thiazole rings is 1. The first-order valence-electron chi connectivity index (χ1n) is 8.79. The van der Waals surface area contributed by atoms with Crippen LogP contribution in [0.25, 0.3) is 10.6 Å². The van der Waals surface area contributed by atoms with Crippen LogP contribution in [0.1, 0.15) is 25.5 Å². The molecular weight excluding hydrogens is 475 g/mol. The van der Waals surface area contributed by atoms with Crippen LogP contribution in [0.3, 0.4) is 0 Å². The summed E-state index contributed by atoms with van der Waals surface area (Å²) in [5, 5.41) is 9.74. The van der Waals surface area contributed by atoms with Crippen molar-refractivity contribution in [3.63, 3.8) is 0 Å². The van der Waals surface area contributed by atoms with Crippen molar-refractivity contribution in [1.29, 1.82) is 0 Å². The van der Waals surface area contributed by atoms with Crippen molar-refractivity contribution in [2.24, 2.45) is 4.99 Å². The summed E-state index contributed by atoms with van der Waals surface area (Å²) in [5.74, 6) is 1.61. The molecule has 0 aliphatic carbocycles. The van der Waals surface area contributed by atoms with Gasteiger partial charge in [-0.15, -0.1) is 35.3 Å². The number of hydrogen-bond acceptors (Lipinski definition) is 5. The van der Waals surface area contributed by atoms with Gasteiger partial charge >= 0.3 is 0 Å². The van der Waals surface area contributed by atoms with Crippen LogP contribution in [0.5, 0.6) is 5.75 Å². The van der Waals surface area contributed by atoms with Crippen molar-refractivity contribution in [2.45, 2.75) is 31.9 Å². The maximum Gasteiger partial charge on any atom is 0.191 e. The summed E-state index contributed by atoms with van der Waals surface area (Å²) in [6, 6.07) is 7.95. The molecule has 1 saturated heterocycles. The van der Waals surface area contributed by atoms with Crippen molar-refractivity contribution in [3.8, 4) is 16.3 Å². The summed E-state index contributed by atoms with van der Waals surface area (Å²) in [5.41, 5.74) is 1.99. The lowest BCUT2D eigenvalue weighted by Crippen LogP contribution is -2.45. The number of benzene rings is 1. The number of nitrogens with one attached hydrogen (secondary N) is 2. The van der Waals surface area contributed by atoms with Crippen LogP contribution in [0.2, 0.25) is 0 Å². The van der Waals surface area contributed by atoms with Gasteiger partial charge in [0.2, 0.25) is 0 Å². The number of methoxy groups -OCH3 is 1. The molecule has 0 saturated carbocycles. The SMILES string of the molecule is CN=C(NCc1csc(-c2ccc(OC)cc2)n1)NCC1(C)CCCO1.I. The highest BCUT2D eigenvalue weighted by molar-refractivity contribution is 14.0. The summed E-state index contributed by atoms with van der Waals surface area (Å²) in [6.45, 7) is 4.36. The third-order valence-electron chi connectivity index (χ3n) is 4.48. The second kappa shape index (κ2) is 10.2. The molecule has 3 rings (SSSR count). The highest BCUT2D eigenvalue weighted by Crippen LogP contribution is 2.26. The number of aliphatic imine (C=N–C) groups is 1. The largest absolute Gasteiger partial charge is 0.497 e. The molecule has 1 aliphatic rings. The Morgan fingerprint density at radius 2 is 2.11 bits per heavy atom. The van der Waals surface area contributed by atoms with E-state index in [1.165, 1.54) is 0 Å². The van der Waals surface area contributed by atoms with Gasteiger partial charge in [0.05, 0.1) is 24.9 Å². The van der Waals surface area contributed by atoms with Gasteiger partial charge in [0.25, 0.3) is 0 Å². The molecule has 1 aliphatic heterocycles. The molecule has 27 heavy (non-hydrogen) atoms. The minimum absolute atomic E-state index is 0. The molecule has 8 heteroatoms. The van der Waals surface area contributed by atoms with Gasteiger partial charge in [-0.05, 0) is 44.0 Å². The van der Waals surface area contributed by atoms with E-state index >= 15 is 0 Å². The highest BCUT2D eigenvalue weighted by Gasteiger charge is 2.29. The molecule has 1 atom stereocenters. The fraction of sp³-hybridized carbons (Fsp3) is 0.474. The van der Waals surface area contributed by atoms with Gasteiger partial charge in [-0.2, -0.15) is 0 Å². The van der Waals surface area contributed by atoms with Crippen LogP contribution in [0, 0.1) is 0 Å². The number of nitrogens with zero attached hydrogens (tertiary/aromatic N) is 2. The number of rotatable bonds is 6. The molecule has 1 aromatic carbocycles.